The fourth-order valence-electron chi connectivity index (χ4n) is 2.99. The molecule has 2 aromatic heterocycles. The molecule has 0 N–H and O–H groups in total. The van der Waals surface area contributed by atoms with Gasteiger partial charge >= 0.3 is 0 Å². The summed E-state index contributed by atoms with van der Waals surface area (Å²) in [4.78, 5) is 8.54. The van der Waals surface area contributed by atoms with Crippen LogP contribution in [-0.2, 0) is 0 Å². The highest BCUT2D eigenvalue weighted by Gasteiger charge is 2.30. The van der Waals surface area contributed by atoms with Crippen LogP contribution in [0.25, 0.3) is 22.5 Å². The van der Waals surface area contributed by atoms with E-state index in [-0.39, 0.29) is 5.57 Å². The van der Waals surface area contributed by atoms with Gasteiger partial charge in [-0.25, -0.2) is 13.2 Å². The van der Waals surface area contributed by atoms with E-state index in [2.05, 4.69) is 9.97 Å². The topological polar surface area (TPSA) is 49.6 Å². The number of fused-ring (bicyclic) bond motifs is 3. The van der Waals surface area contributed by atoms with Crippen molar-refractivity contribution in [2.45, 2.75) is 0 Å². The molecule has 0 fully saturated rings. The number of aromatic nitrogens is 2. The van der Waals surface area contributed by atoms with E-state index in [1.165, 1.54) is 0 Å². The molecule has 0 spiro atoms. The summed E-state index contributed by atoms with van der Waals surface area (Å²) in [6, 6.07) is 9.91. The first-order valence-corrected chi connectivity index (χ1v) is 7.32. The van der Waals surface area contributed by atoms with E-state index >= 15 is 0 Å². The van der Waals surface area contributed by atoms with Gasteiger partial charge in [0.15, 0.2) is 11.6 Å². The summed E-state index contributed by atoms with van der Waals surface area (Å²) in [5.74, 6) is -3.58. The van der Waals surface area contributed by atoms with Crippen molar-refractivity contribution in [3.05, 3.63) is 82.9 Å². The Balaban J connectivity index is 2.13. The molecule has 0 unspecified atom stereocenters. The number of allylic oxidation sites excluding steroid dienone is 1. The third kappa shape index (κ3) is 2.21. The molecule has 0 bridgehead atoms. The molecule has 6 heteroatoms. The van der Waals surface area contributed by atoms with Crippen molar-refractivity contribution in [3.63, 3.8) is 0 Å². The highest BCUT2D eigenvalue weighted by Crippen LogP contribution is 2.45. The number of rotatable bonds is 1. The summed E-state index contributed by atoms with van der Waals surface area (Å²) >= 11 is 0. The van der Waals surface area contributed by atoms with Crippen LogP contribution >= 0.6 is 0 Å². The monoisotopic (exact) mass is 335 g/mol. The lowest BCUT2D eigenvalue weighted by Crippen LogP contribution is -1.98. The largest absolute Gasteiger partial charge is 0.254 e. The number of nitriles is 1. The Hall–Kier alpha value is -3.46. The molecule has 0 saturated carbocycles. The van der Waals surface area contributed by atoms with Crippen molar-refractivity contribution in [2.24, 2.45) is 0 Å². The molecular formula is C19H8F3N3. The van der Waals surface area contributed by atoms with E-state index in [1.807, 2.05) is 6.07 Å². The van der Waals surface area contributed by atoms with Gasteiger partial charge in [-0.15, -0.1) is 0 Å². The second-order valence-corrected chi connectivity index (χ2v) is 5.41. The second-order valence-electron chi connectivity index (χ2n) is 5.41. The zero-order valence-corrected chi connectivity index (χ0v) is 12.6. The molecule has 0 radical (unpaired) electrons. The van der Waals surface area contributed by atoms with E-state index in [4.69, 9.17) is 0 Å². The van der Waals surface area contributed by atoms with Gasteiger partial charge in [0, 0.05) is 40.7 Å². The van der Waals surface area contributed by atoms with Crippen molar-refractivity contribution in [1.82, 2.24) is 9.97 Å². The minimum Gasteiger partial charge on any atom is -0.254 e. The van der Waals surface area contributed by atoms with Gasteiger partial charge in [0.1, 0.15) is 11.9 Å². The number of pyridine rings is 2. The molecule has 1 aliphatic carbocycles. The number of hydrogen-bond acceptors (Lipinski definition) is 3. The summed E-state index contributed by atoms with van der Waals surface area (Å²) in [5.41, 5.74) is 1.97. The van der Waals surface area contributed by atoms with Crippen LogP contribution in [0, 0.1) is 28.8 Å². The lowest BCUT2D eigenvalue weighted by Gasteiger charge is -2.09. The lowest BCUT2D eigenvalue weighted by atomic mass is 9.94. The summed E-state index contributed by atoms with van der Waals surface area (Å²) in [5, 5.41) is 9.64. The SMILES string of the molecule is N#CC(=C1c2cccnc2-c2ncccc21)c1cc(F)cc(F)c1F. The Morgan fingerprint density at radius 2 is 1.52 bits per heavy atom. The lowest BCUT2D eigenvalue weighted by molar-refractivity contribution is 0.493. The van der Waals surface area contributed by atoms with Crippen LogP contribution in [0.1, 0.15) is 16.7 Å². The van der Waals surface area contributed by atoms with Crippen LogP contribution in [0.2, 0.25) is 0 Å². The van der Waals surface area contributed by atoms with Gasteiger partial charge in [-0.2, -0.15) is 5.26 Å². The summed E-state index contributed by atoms with van der Waals surface area (Å²) in [6.07, 6.45) is 3.16. The highest BCUT2D eigenvalue weighted by atomic mass is 19.2. The van der Waals surface area contributed by atoms with Crippen LogP contribution in [-0.4, -0.2) is 9.97 Å². The summed E-state index contributed by atoms with van der Waals surface area (Å²) in [6.45, 7) is 0. The maximum atomic E-state index is 14.3. The normalized spacial score (nSPS) is 11.7. The number of halogens is 3. The molecule has 1 aromatic carbocycles. The first-order valence-electron chi connectivity index (χ1n) is 7.32. The average molecular weight is 335 g/mol. The molecule has 0 atom stereocenters. The van der Waals surface area contributed by atoms with Crippen LogP contribution in [0.5, 0.6) is 0 Å². The van der Waals surface area contributed by atoms with E-state index in [0.717, 1.165) is 6.07 Å². The predicted octanol–water partition coefficient (Wildman–Crippen LogP) is 4.36. The van der Waals surface area contributed by atoms with E-state index in [9.17, 15) is 18.4 Å². The minimum atomic E-state index is -1.35. The molecule has 0 amide bonds. The quantitative estimate of drug-likeness (QED) is 0.384. The van der Waals surface area contributed by atoms with Crippen molar-refractivity contribution < 1.29 is 13.2 Å². The van der Waals surface area contributed by atoms with Crippen molar-refractivity contribution in [1.29, 1.82) is 5.26 Å². The molecule has 1 aliphatic rings. The molecule has 0 saturated heterocycles. The Labute approximate surface area is 140 Å². The molecule has 3 nitrogen and oxygen atoms in total. The second kappa shape index (κ2) is 5.56. The van der Waals surface area contributed by atoms with Crippen molar-refractivity contribution in [3.8, 4) is 17.5 Å². The number of hydrogen-bond donors (Lipinski definition) is 0. The fraction of sp³-hybridized carbons (Fsp3) is 0. The van der Waals surface area contributed by atoms with E-state index < -0.39 is 23.0 Å². The maximum absolute atomic E-state index is 14.3. The van der Waals surface area contributed by atoms with Crippen molar-refractivity contribution in [2.75, 3.05) is 0 Å². The van der Waals surface area contributed by atoms with Crippen LogP contribution in [0.15, 0.2) is 48.8 Å². The third-order valence-corrected chi connectivity index (χ3v) is 4.00. The van der Waals surface area contributed by atoms with Gasteiger partial charge < -0.3 is 0 Å². The summed E-state index contributed by atoms with van der Waals surface area (Å²) < 4.78 is 41.5. The fourth-order valence-corrected chi connectivity index (χ4v) is 2.99. The minimum absolute atomic E-state index is 0.170. The standard InChI is InChI=1S/C19H8F3N3/c20-10-7-13(17(22)15(21)8-10)14(9-23)16-11-3-1-5-24-18(11)19-12(16)4-2-6-25-19/h1-8H. The molecule has 4 rings (SSSR count). The van der Waals surface area contributed by atoms with Crippen LogP contribution in [0.3, 0.4) is 0 Å². The van der Waals surface area contributed by atoms with Gasteiger partial charge in [0.25, 0.3) is 0 Å². The Kier molecular flexibility index (Phi) is 3.36. The molecular weight excluding hydrogens is 327 g/mol. The molecule has 0 aliphatic heterocycles. The predicted molar refractivity (Wildman–Crippen MR) is 85.3 cm³/mol. The summed E-state index contributed by atoms with van der Waals surface area (Å²) in [7, 11) is 0. The molecule has 120 valence electrons. The Bertz CT molecular complexity index is 1050. The zero-order chi connectivity index (χ0) is 17.6. The molecule has 3 aromatic rings. The third-order valence-electron chi connectivity index (χ3n) is 4.00. The van der Waals surface area contributed by atoms with Gasteiger partial charge in [0.05, 0.1) is 17.0 Å². The number of benzene rings is 1. The Morgan fingerprint density at radius 1 is 0.920 bits per heavy atom. The first-order chi connectivity index (χ1) is 12.1. The van der Waals surface area contributed by atoms with Gasteiger partial charge in [-0.1, -0.05) is 12.1 Å². The smallest absolute Gasteiger partial charge is 0.167 e. The van der Waals surface area contributed by atoms with Gasteiger partial charge in [-0.05, 0) is 18.2 Å². The highest BCUT2D eigenvalue weighted by molar-refractivity contribution is 6.11. The maximum Gasteiger partial charge on any atom is 0.167 e. The van der Waals surface area contributed by atoms with E-state index in [1.54, 1.807) is 36.7 Å². The average Bonchev–Trinajstić information content (AvgIpc) is 2.95. The molecule has 25 heavy (non-hydrogen) atoms. The van der Waals surface area contributed by atoms with Crippen LogP contribution in [0.4, 0.5) is 13.2 Å². The Morgan fingerprint density at radius 3 is 2.08 bits per heavy atom. The number of nitrogens with zero attached hydrogens (tertiary/aromatic N) is 3. The zero-order valence-electron chi connectivity index (χ0n) is 12.6. The van der Waals surface area contributed by atoms with Crippen LogP contribution < -0.4 is 0 Å². The van der Waals surface area contributed by atoms with Gasteiger partial charge in [-0.3, -0.25) is 9.97 Å². The van der Waals surface area contributed by atoms with Crippen molar-refractivity contribution >= 4 is 11.1 Å². The first kappa shape index (κ1) is 15.1. The molecule has 2 heterocycles. The van der Waals surface area contributed by atoms with E-state index in [0.29, 0.717) is 34.2 Å². The van der Waals surface area contributed by atoms with Gasteiger partial charge in [0.2, 0.25) is 0 Å².